The molecule has 0 spiro atoms. The van der Waals surface area contributed by atoms with E-state index in [-0.39, 0.29) is 0 Å². The summed E-state index contributed by atoms with van der Waals surface area (Å²) in [6, 6.07) is 13.8. The Bertz CT molecular complexity index is 1150. The van der Waals surface area contributed by atoms with Crippen molar-refractivity contribution in [3.05, 3.63) is 53.6 Å². The maximum absolute atomic E-state index is 12.9. The topological polar surface area (TPSA) is 65.1 Å². The Morgan fingerprint density at radius 1 is 1.09 bits per heavy atom. The molecule has 2 atom stereocenters. The highest BCUT2D eigenvalue weighted by Gasteiger charge is 2.42. The minimum absolute atomic E-state index is 0.290. The minimum Gasteiger partial charge on any atom is -0.379 e. The van der Waals surface area contributed by atoms with Crippen molar-refractivity contribution < 1.29 is 13.2 Å². The summed E-state index contributed by atoms with van der Waals surface area (Å²) in [5.74, 6) is 0.430. The first-order valence-corrected chi connectivity index (χ1v) is 13.3. The van der Waals surface area contributed by atoms with Gasteiger partial charge in [0.2, 0.25) is 10.0 Å². The highest BCUT2D eigenvalue weighted by Crippen LogP contribution is 2.45. The van der Waals surface area contributed by atoms with Gasteiger partial charge in [0.15, 0.2) is 5.11 Å². The van der Waals surface area contributed by atoms with Crippen LogP contribution in [0.4, 0.5) is 11.4 Å². The lowest BCUT2D eigenvalue weighted by atomic mass is 9.89. The van der Waals surface area contributed by atoms with Crippen LogP contribution in [-0.2, 0) is 14.8 Å². The number of anilines is 2. The van der Waals surface area contributed by atoms with Gasteiger partial charge in [0.05, 0.1) is 18.1 Å². The van der Waals surface area contributed by atoms with Crippen LogP contribution in [0.2, 0.25) is 0 Å². The summed E-state index contributed by atoms with van der Waals surface area (Å²) < 4.78 is 32.5. The number of hydrogen-bond acceptors (Lipinski definition) is 5. The van der Waals surface area contributed by atoms with E-state index >= 15 is 0 Å². The fraction of sp³-hybridized carbons (Fsp3) is 0.458. The lowest BCUT2D eigenvalue weighted by Gasteiger charge is -2.37. The normalized spacial score (nSPS) is 23.8. The van der Waals surface area contributed by atoms with Gasteiger partial charge in [-0.2, -0.15) is 4.31 Å². The number of hydrogen-bond donors (Lipinski definition) is 1. The van der Waals surface area contributed by atoms with Gasteiger partial charge in [0.1, 0.15) is 0 Å². The zero-order valence-electron chi connectivity index (χ0n) is 19.0. The Morgan fingerprint density at radius 3 is 2.55 bits per heavy atom. The maximum Gasteiger partial charge on any atom is 0.243 e. The predicted octanol–water partition coefficient (Wildman–Crippen LogP) is 3.02. The van der Waals surface area contributed by atoms with Crippen molar-refractivity contribution in [2.45, 2.75) is 30.2 Å². The maximum atomic E-state index is 12.9. The second-order valence-electron chi connectivity index (χ2n) is 9.13. The molecule has 2 saturated heterocycles. The Labute approximate surface area is 201 Å². The van der Waals surface area contributed by atoms with E-state index < -0.39 is 10.0 Å². The van der Waals surface area contributed by atoms with Gasteiger partial charge in [-0.15, -0.1) is 0 Å². The monoisotopic (exact) mass is 486 g/mol. The summed E-state index contributed by atoms with van der Waals surface area (Å²) in [6.07, 6.45) is 1.05. The van der Waals surface area contributed by atoms with Crippen LogP contribution >= 0.6 is 12.2 Å². The first-order valence-electron chi connectivity index (χ1n) is 11.4. The van der Waals surface area contributed by atoms with Crippen LogP contribution in [0.15, 0.2) is 47.4 Å². The molecule has 0 saturated carbocycles. The smallest absolute Gasteiger partial charge is 0.243 e. The van der Waals surface area contributed by atoms with Crippen molar-refractivity contribution in [2.24, 2.45) is 0 Å². The molecule has 0 unspecified atom stereocenters. The van der Waals surface area contributed by atoms with E-state index in [1.165, 1.54) is 21.1 Å². The number of nitrogens with one attached hydrogen (secondary N) is 1. The van der Waals surface area contributed by atoms with E-state index in [0.29, 0.717) is 48.3 Å². The molecule has 9 heteroatoms. The summed E-state index contributed by atoms with van der Waals surface area (Å²) in [5.41, 5.74) is 4.59. The molecule has 3 aliphatic rings. The number of piperidine rings is 1. The zero-order valence-corrected chi connectivity index (χ0v) is 20.7. The summed E-state index contributed by atoms with van der Waals surface area (Å²) in [4.78, 5) is 4.94. The number of fused-ring (bicyclic) bond motifs is 3. The molecule has 5 rings (SSSR count). The van der Waals surface area contributed by atoms with Crippen LogP contribution in [0.1, 0.15) is 23.5 Å². The molecular formula is C24H30N4O3S2. The molecule has 33 heavy (non-hydrogen) atoms. The van der Waals surface area contributed by atoms with Gasteiger partial charge in [-0.05, 0) is 75.1 Å². The number of nitrogens with zero attached hydrogens (tertiary/aromatic N) is 3. The van der Waals surface area contributed by atoms with Crippen molar-refractivity contribution in [1.82, 2.24) is 9.21 Å². The Hall–Kier alpha value is -2.04. The van der Waals surface area contributed by atoms with Gasteiger partial charge in [-0.3, -0.25) is 0 Å². The van der Waals surface area contributed by atoms with Crippen molar-refractivity contribution in [3.8, 4) is 0 Å². The van der Waals surface area contributed by atoms with Crippen LogP contribution in [0.25, 0.3) is 0 Å². The fourth-order valence-electron chi connectivity index (χ4n) is 5.18. The first kappa shape index (κ1) is 22.7. The second kappa shape index (κ2) is 8.96. The second-order valence-corrected chi connectivity index (χ2v) is 11.5. The van der Waals surface area contributed by atoms with E-state index in [9.17, 15) is 8.42 Å². The molecule has 7 nitrogen and oxygen atoms in total. The highest BCUT2D eigenvalue weighted by atomic mass is 32.2. The number of ether oxygens (including phenoxy) is 1. The lowest BCUT2D eigenvalue weighted by molar-refractivity contribution is 0.0730. The molecule has 0 amide bonds. The molecule has 2 fully saturated rings. The minimum atomic E-state index is -3.51. The van der Waals surface area contributed by atoms with Gasteiger partial charge in [0, 0.05) is 43.0 Å². The SMILES string of the molecule is Cc1ccc2c(c1)[C@@H]1CN(C)CC[C@@H]1N2C(=S)Nc1ccc(S(=O)(=O)N2CCOCC2)cc1. The fourth-order valence-corrected chi connectivity index (χ4v) is 6.94. The largest absolute Gasteiger partial charge is 0.379 e. The Kier molecular flexibility index (Phi) is 6.17. The van der Waals surface area contributed by atoms with Gasteiger partial charge in [-0.25, -0.2) is 8.42 Å². The average Bonchev–Trinajstić information content (AvgIpc) is 3.13. The summed E-state index contributed by atoms with van der Waals surface area (Å²) in [6.45, 7) is 5.84. The molecule has 2 aromatic rings. The number of benzene rings is 2. The summed E-state index contributed by atoms with van der Waals surface area (Å²) in [5, 5.41) is 4.01. The van der Waals surface area contributed by atoms with Crippen LogP contribution < -0.4 is 10.2 Å². The third-order valence-electron chi connectivity index (χ3n) is 6.89. The third kappa shape index (κ3) is 4.28. The lowest BCUT2D eigenvalue weighted by Crippen LogP contribution is -2.48. The number of sulfonamides is 1. The molecule has 3 heterocycles. The van der Waals surface area contributed by atoms with E-state index in [2.05, 4.69) is 47.3 Å². The Balaban J connectivity index is 1.35. The number of morpholine rings is 1. The van der Waals surface area contributed by atoms with E-state index in [1.54, 1.807) is 24.3 Å². The van der Waals surface area contributed by atoms with E-state index in [4.69, 9.17) is 17.0 Å². The predicted molar refractivity (Wildman–Crippen MR) is 135 cm³/mol. The first-order chi connectivity index (χ1) is 15.8. The quantitative estimate of drug-likeness (QED) is 0.669. The molecule has 0 aromatic heterocycles. The number of rotatable bonds is 3. The molecule has 2 aromatic carbocycles. The van der Waals surface area contributed by atoms with E-state index in [0.717, 1.165) is 25.2 Å². The standard InChI is InChI=1S/C24H30N4O3S2/c1-17-3-8-22-20(15-17)21-16-26(2)10-9-23(21)28(22)24(32)25-18-4-6-19(7-5-18)33(29,30)27-11-13-31-14-12-27/h3-8,15,21,23H,9-14,16H2,1-2H3,(H,25,32)/t21-,23-/m0/s1. The number of aryl methyl sites for hydroxylation is 1. The van der Waals surface area contributed by atoms with Crippen LogP contribution in [0.5, 0.6) is 0 Å². The Morgan fingerprint density at radius 2 is 1.82 bits per heavy atom. The zero-order chi connectivity index (χ0) is 23.2. The molecule has 3 aliphatic heterocycles. The van der Waals surface area contributed by atoms with Crippen molar-refractivity contribution in [2.75, 3.05) is 56.7 Å². The van der Waals surface area contributed by atoms with Gasteiger partial charge in [-0.1, -0.05) is 17.7 Å². The van der Waals surface area contributed by atoms with Gasteiger partial charge < -0.3 is 19.9 Å². The third-order valence-corrected chi connectivity index (χ3v) is 9.10. The number of thiocarbonyl (C=S) groups is 1. The number of likely N-dealkylation sites (tertiary alicyclic amines) is 1. The van der Waals surface area contributed by atoms with E-state index in [1.807, 2.05) is 0 Å². The molecule has 1 N–H and O–H groups in total. The molecule has 176 valence electrons. The van der Waals surface area contributed by atoms with Crippen molar-refractivity contribution in [3.63, 3.8) is 0 Å². The highest BCUT2D eigenvalue weighted by molar-refractivity contribution is 7.89. The van der Waals surface area contributed by atoms with Crippen LogP contribution in [0.3, 0.4) is 0 Å². The molecular weight excluding hydrogens is 456 g/mol. The van der Waals surface area contributed by atoms with Crippen LogP contribution in [-0.4, -0.2) is 75.2 Å². The number of likely N-dealkylation sites (N-methyl/N-ethyl adjacent to an activating group) is 1. The average molecular weight is 487 g/mol. The summed E-state index contributed by atoms with van der Waals surface area (Å²) in [7, 11) is -1.33. The van der Waals surface area contributed by atoms with Crippen molar-refractivity contribution >= 4 is 38.7 Å². The molecule has 0 aliphatic carbocycles. The van der Waals surface area contributed by atoms with Crippen LogP contribution in [0, 0.1) is 6.92 Å². The van der Waals surface area contributed by atoms with Gasteiger partial charge in [0.25, 0.3) is 0 Å². The molecule has 0 bridgehead atoms. The van der Waals surface area contributed by atoms with Crippen molar-refractivity contribution in [1.29, 1.82) is 0 Å². The summed E-state index contributed by atoms with van der Waals surface area (Å²) >= 11 is 5.87. The van der Waals surface area contributed by atoms with Gasteiger partial charge >= 0.3 is 0 Å². The molecule has 0 radical (unpaired) electrons.